The predicted octanol–water partition coefficient (Wildman–Crippen LogP) is 1.42. The van der Waals surface area contributed by atoms with Crippen LogP contribution in [0.2, 0.25) is 0 Å². The molecule has 1 aromatic rings. The highest BCUT2D eigenvalue weighted by molar-refractivity contribution is 9.10. The largest absolute Gasteiger partial charge is 0.394 e. The number of aliphatic hydroxyl groups is 1. The third kappa shape index (κ3) is 2.88. The number of aliphatic hydroxyl groups excluding tert-OH is 1. The van der Waals surface area contributed by atoms with Gasteiger partial charge in [0.1, 0.15) is 5.82 Å². The maximum Gasteiger partial charge on any atom is 0.255 e. The number of carbonyl (C=O) groups is 1. The molecule has 1 unspecified atom stereocenters. The fraction of sp³-hybridized carbons (Fsp3) is 0.417. The molecule has 0 bridgehead atoms. The SMILES string of the molecule is O=C(c1ccc(F)cc1Br)N1CCOC(CO)C1. The average molecular weight is 318 g/mol. The van der Waals surface area contributed by atoms with E-state index in [1.54, 1.807) is 4.90 Å². The van der Waals surface area contributed by atoms with E-state index in [0.717, 1.165) is 0 Å². The minimum absolute atomic E-state index is 0.117. The Morgan fingerprint density at radius 1 is 1.61 bits per heavy atom. The molecule has 1 N–H and O–H groups in total. The number of nitrogens with zero attached hydrogens (tertiary/aromatic N) is 1. The standard InChI is InChI=1S/C12H13BrFNO3/c13-11-5-8(14)1-2-10(11)12(17)15-3-4-18-9(6-15)7-16/h1-2,5,9,16H,3-4,6-7H2. The van der Waals surface area contributed by atoms with E-state index in [1.807, 2.05) is 0 Å². The monoisotopic (exact) mass is 317 g/mol. The first-order valence-corrected chi connectivity index (χ1v) is 6.38. The molecule has 1 aromatic carbocycles. The van der Waals surface area contributed by atoms with Crippen LogP contribution in [0, 0.1) is 5.82 Å². The van der Waals surface area contributed by atoms with E-state index in [4.69, 9.17) is 9.84 Å². The Bertz CT molecular complexity index is 455. The van der Waals surface area contributed by atoms with Gasteiger partial charge in [-0.25, -0.2) is 4.39 Å². The van der Waals surface area contributed by atoms with Crippen molar-refractivity contribution in [2.75, 3.05) is 26.3 Å². The topological polar surface area (TPSA) is 49.8 Å². The van der Waals surface area contributed by atoms with Crippen molar-refractivity contribution in [1.82, 2.24) is 4.90 Å². The zero-order valence-electron chi connectivity index (χ0n) is 9.60. The van der Waals surface area contributed by atoms with Crippen molar-refractivity contribution in [2.24, 2.45) is 0 Å². The molecule has 1 aliphatic heterocycles. The highest BCUT2D eigenvalue weighted by Crippen LogP contribution is 2.20. The van der Waals surface area contributed by atoms with E-state index in [2.05, 4.69) is 15.9 Å². The Morgan fingerprint density at radius 2 is 2.39 bits per heavy atom. The number of benzene rings is 1. The third-order valence-electron chi connectivity index (χ3n) is 2.79. The number of ether oxygens (including phenoxy) is 1. The third-order valence-corrected chi connectivity index (χ3v) is 3.45. The number of halogens is 2. The summed E-state index contributed by atoms with van der Waals surface area (Å²) >= 11 is 3.18. The summed E-state index contributed by atoms with van der Waals surface area (Å²) in [5, 5.41) is 9.03. The molecule has 1 saturated heterocycles. The Balaban J connectivity index is 2.15. The number of rotatable bonds is 2. The molecule has 0 aliphatic carbocycles. The smallest absolute Gasteiger partial charge is 0.255 e. The predicted molar refractivity (Wildman–Crippen MR) is 66.8 cm³/mol. The lowest BCUT2D eigenvalue weighted by Crippen LogP contribution is -2.47. The van der Waals surface area contributed by atoms with Gasteiger partial charge in [0.15, 0.2) is 0 Å². The van der Waals surface area contributed by atoms with E-state index in [0.29, 0.717) is 29.7 Å². The van der Waals surface area contributed by atoms with Gasteiger partial charge in [-0.15, -0.1) is 0 Å². The fourth-order valence-corrected chi connectivity index (χ4v) is 2.37. The van der Waals surface area contributed by atoms with Gasteiger partial charge in [-0.2, -0.15) is 0 Å². The maximum atomic E-state index is 13.0. The Morgan fingerprint density at radius 3 is 3.06 bits per heavy atom. The number of hydrogen-bond donors (Lipinski definition) is 1. The second-order valence-corrected chi connectivity index (χ2v) is 4.91. The lowest BCUT2D eigenvalue weighted by molar-refractivity contribution is -0.0447. The molecule has 98 valence electrons. The quantitative estimate of drug-likeness (QED) is 0.897. The van der Waals surface area contributed by atoms with Gasteiger partial charge in [0, 0.05) is 17.6 Å². The number of carbonyl (C=O) groups excluding carboxylic acids is 1. The van der Waals surface area contributed by atoms with Crippen molar-refractivity contribution < 1.29 is 19.0 Å². The van der Waals surface area contributed by atoms with Crippen molar-refractivity contribution in [1.29, 1.82) is 0 Å². The Labute approximate surface area is 112 Å². The van der Waals surface area contributed by atoms with E-state index in [1.165, 1.54) is 18.2 Å². The van der Waals surface area contributed by atoms with Crippen molar-refractivity contribution in [3.8, 4) is 0 Å². The van der Waals surface area contributed by atoms with Crippen LogP contribution < -0.4 is 0 Å². The average Bonchev–Trinajstić information content (AvgIpc) is 2.38. The Hall–Kier alpha value is -0.980. The second kappa shape index (κ2) is 5.77. The molecular formula is C12H13BrFNO3. The van der Waals surface area contributed by atoms with Crippen LogP contribution in [0.25, 0.3) is 0 Å². The number of morpholine rings is 1. The van der Waals surface area contributed by atoms with Gasteiger partial charge in [0.25, 0.3) is 5.91 Å². The van der Waals surface area contributed by atoms with Crippen molar-refractivity contribution >= 4 is 21.8 Å². The first-order chi connectivity index (χ1) is 8.61. The van der Waals surface area contributed by atoms with E-state index >= 15 is 0 Å². The van der Waals surface area contributed by atoms with Crippen LogP contribution in [-0.4, -0.2) is 48.3 Å². The van der Waals surface area contributed by atoms with Gasteiger partial charge in [-0.1, -0.05) is 0 Å². The van der Waals surface area contributed by atoms with Crippen molar-refractivity contribution in [3.05, 3.63) is 34.1 Å². The van der Waals surface area contributed by atoms with Crippen LogP contribution in [0.15, 0.2) is 22.7 Å². The lowest BCUT2D eigenvalue weighted by atomic mass is 10.1. The molecule has 1 heterocycles. The molecule has 6 heteroatoms. The molecule has 0 radical (unpaired) electrons. The molecule has 1 atom stereocenters. The summed E-state index contributed by atoms with van der Waals surface area (Å²) in [4.78, 5) is 13.8. The van der Waals surface area contributed by atoms with E-state index in [-0.39, 0.29) is 18.6 Å². The van der Waals surface area contributed by atoms with Crippen molar-refractivity contribution in [2.45, 2.75) is 6.10 Å². The number of hydrogen-bond acceptors (Lipinski definition) is 3. The molecule has 18 heavy (non-hydrogen) atoms. The maximum absolute atomic E-state index is 13.0. The molecule has 4 nitrogen and oxygen atoms in total. The van der Waals surface area contributed by atoms with Crippen LogP contribution in [0.4, 0.5) is 4.39 Å². The highest BCUT2D eigenvalue weighted by atomic mass is 79.9. The van der Waals surface area contributed by atoms with Gasteiger partial charge in [0.05, 0.1) is 24.9 Å². The minimum atomic E-state index is -0.395. The first-order valence-electron chi connectivity index (χ1n) is 5.58. The Kier molecular flexibility index (Phi) is 4.31. The van der Waals surface area contributed by atoms with Crippen LogP contribution in [0.1, 0.15) is 10.4 Å². The summed E-state index contributed by atoms with van der Waals surface area (Å²) in [6, 6.07) is 3.96. The summed E-state index contributed by atoms with van der Waals surface area (Å²) < 4.78 is 18.7. The molecular weight excluding hydrogens is 305 g/mol. The van der Waals surface area contributed by atoms with Crippen LogP contribution in [0.3, 0.4) is 0 Å². The molecule has 1 amide bonds. The summed E-state index contributed by atoms with van der Waals surface area (Å²) in [7, 11) is 0. The van der Waals surface area contributed by atoms with Crippen LogP contribution >= 0.6 is 15.9 Å². The number of amides is 1. The van der Waals surface area contributed by atoms with Gasteiger partial charge in [-0.05, 0) is 34.1 Å². The first kappa shape index (κ1) is 13.5. The summed E-state index contributed by atoms with van der Waals surface area (Å²) in [6.07, 6.45) is -0.345. The van der Waals surface area contributed by atoms with Crippen molar-refractivity contribution in [3.63, 3.8) is 0 Å². The molecule has 0 spiro atoms. The summed E-state index contributed by atoms with van der Waals surface area (Å²) in [5.41, 5.74) is 0.412. The highest BCUT2D eigenvalue weighted by Gasteiger charge is 2.25. The van der Waals surface area contributed by atoms with E-state index in [9.17, 15) is 9.18 Å². The summed E-state index contributed by atoms with van der Waals surface area (Å²) in [6.45, 7) is 1.10. The van der Waals surface area contributed by atoms with Gasteiger partial charge < -0.3 is 14.7 Å². The molecule has 2 rings (SSSR count). The molecule has 1 aliphatic rings. The fourth-order valence-electron chi connectivity index (χ4n) is 1.85. The second-order valence-electron chi connectivity index (χ2n) is 4.05. The zero-order chi connectivity index (χ0) is 13.1. The zero-order valence-corrected chi connectivity index (χ0v) is 11.2. The van der Waals surface area contributed by atoms with Gasteiger partial charge in [0.2, 0.25) is 0 Å². The lowest BCUT2D eigenvalue weighted by Gasteiger charge is -2.32. The molecule has 0 saturated carbocycles. The van der Waals surface area contributed by atoms with Crippen LogP contribution in [-0.2, 0) is 4.74 Å². The summed E-state index contributed by atoms with van der Waals surface area (Å²) in [5.74, 6) is -0.586. The van der Waals surface area contributed by atoms with Gasteiger partial charge >= 0.3 is 0 Å². The molecule has 1 fully saturated rings. The van der Waals surface area contributed by atoms with Crippen LogP contribution in [0.5, 0.6) is 0 Å². The minimum Gasteiger partial charge on any atom is -0.394 e. The van der Waals surface area contributed by atoms with E-state index < -0.39 is 5.82 Å². The van der Waals surface area contributed by atoms with Gasteiger partial charge in [-0.3, -0.25) is 4.79 Å². The molecule has 0 aromatic heterocycles. The normalized spacial score (nSPS) is 19.9.